The monoisotopic (exact) mass is 396 g/mol. The van der Waals surface area contributed by atoms with Crippen LogP contribution in [0.3, 0.4) is 0 Å². The van der Waals surface area contributed by atoms with Gasteiger partial charge in [-0.2, -0.15) is 0 Å². The summed E-state index contributed by atoms with van der Waals surface area (Å²) in [6, 6.07) is 16.2. The number of likely N-dealkylation sites (tertiary alicyclic amines) is 2. The SMILES string of the molecule is O=C(Cc1ccc(F)cc1)N1CC[C@]2(CCCN(CCOc3ccccc3)C2)C1. The Kier molecular flexibility index (Phi) is 6.14. The first-order valence-corrected chi connectivity index (χ1v) is 10.5. The molecule has 2 saturated heterocycles. The van der Waals surface area contributed by atoms with Crippen molar-refractivity contribution < 1.29 is 13.9 Å². The largest absolute Gasteiger partial charge is 0.492 e. The normalized spacial score (nSPS) is 22.2. The van der Waals surface area contributed by atoms with E-state index < -0.39 is 0 Å². The molecule has 1 amide bonds. The maximum atomic E-state index is 13.1. The van der Waals surface area contributed by atoms with E-state index in [-0.39, 0.29) is 17.1 Å². The van der Waals surface area contributed by atoms with Crippen LogP contribution in [0.15, 0.2) is 54.6 Å². The first-order chi connectivity index (χ1) is 14.1. The number of carbonyl (C=O) groups excluding carboxylic acids is 1. The van der Waals surface area contributed by atoms with Crippen molar-refractivity contribution in [2.75, 3.05) is 39.3 Å². The summed E-state index contributed by atoms with van der Waals surface area (Å²) < 4.78 is 18.9. The molecule has 2 aliphatic heterocycles. The van der Waals surface area contributed by atoms with Crippen LogP contribution in [0, 0.1) is 11.2 Å². The lowest BCUT2D eigenvalue weighted by molar-refractivity contribution is -0.130. The standard InChI is InChI=1S/C24H29FN2O2/c25-21-9-7-20(8-10-21)17-23(28)27-14-12-24(19-27)11-4-13-26(18-24)15-16-29-22-5-2-1-3-6-22/h1-3,5-10H,4,11-19H2/t24-/m0/s1. The summed E-state index contributed by atoms with van der Waals surface area (Å²) in [5.41, 5.74) is 1.09. The van der Waals surface area contributed by atoms with Crippen LogP contribution in [0.5, 0.6) is 5.75 Å². The molecule has 154 valence electrons. The minimum absolute atomic E-state index is 0.151. The molecular weight excluding hydrogens is 367 g/mol. The van der Waals surface area contributed by atoms with Crippen LogP contribution in [0.1, 0.15) is 24.8 Å². The van der Waals surface area contributed by atoms with Gasteiger partial charge in [-0.25, -0.2) is 4.39 Å². The number of piperidine rings is 1. The van der Waals surface area contributed by atoms with Gasteiger partial charge in [-0.1, -0.05) is 30.3 Å². The molecule has 0 aliphatic carbocycles. The molecular formula is C24H29FN2O2. The second kappa shape index (κ2) is 8.95. The highest BCUT2D eigenvalue weighted by atomic mass is 19.1. The summed E-state index contributed by atoms with van der Waals surface area (Å²) in [5, 5.41) is 0. The molecule has 1 atom stereocenters. The van der Waals surface area contributed by atoms with Gasteiger partial charge in [0, 0.05) is 31.6 Å². The van der Waals surface area contributed by atoms with Crippen LogP contribution >= 0.6 is 0 Å². The number of hydrogen-bond acceptors (Lipinski definition) is 3. The van der Waals surface area contributed by atoms with Gasteiger partial charge >= 0.3 is 0 Å². The number of hydrogen-bond donors (Lipinski definition) is 0. The molecule has 29 heavy (non-hydrogen) atoms. The molecule has 5 heteroatoms. The Morgan fingerprint density at radius 2 is 1.79 bits per heavy atom. The number of rotatable bonds is 6. The predicted octanol–water partition coefficient (Wildman–Crippen LogP) is 3.76. The van der Waals surface area contributed by atoms with E-state index >= 15 is 0 Å². The lowest BCUT2D eigenvalue weighted by Crippen LogP contribution is -2.46. The van der Waals surface area contributed by atoms with Gasteiger partial charge in [0.2, 0.25) is 5.91 Å². The van der Waals surface area contributed by atoms with E-state index in [4.69, 9.17) is 4.74 Å². The number of halogens is 1. The fourth-order valence-electron chi connectivity index (χ4n) is 4.68. The van der Waals surface area contributed by atoms with Gasteiger partial charge < -0.3 is 9.64 Å². The highest BCUT2D eigenvalue weighted by Gasteiger charge is 2.42. The Hall–Kier alpha value is -2.40. The lowest BCUT2D eigenvalue weighted by atomic mass is 9.79. The summed E-state index contributed by atoms with van der Waals surface area (Å²) in [7, 11) is 0. The number of benzene rings is 2. The summed E-state index contributed by atoms with van der Waals surface area (Å²) in [6.45, 7) is 5.40. The van der Waals surface area contributed by atoms with Gasteiger partial charge in [0.15, 0.2) is 0 Å². The lowest BCUT2D eigenvalue weighted by Gasteiger charge is -2.40. The highest BCUT2D eigenvalue weighted by Crippen LogP contribution is 2.39. The molecule has 0 aromatic heterocycles. The Morgan fingerprint density at radius 1 is 1.00 bits per heavy atom. The van der Waals surface area contributed by atoms with Crippen LogP contribution < -0.4 is 4.74 Å². The Bertz CT molecular complexity index is 811. The van der Waals surface area contributed by atoms with Crippen LogP contribution in [-0.2, 0) is 11.2 Å². The van der Waals surface area contributed by atoms with E-state index in [9.17, 15) is 9.18 Å². The Morgan fingerprint density at radius 3 is 2.59 bits per heavy atom. The van der Waals surface area contributed by atoms with Gasteiger partial charge in [0.25, 0.3) is 0 Å². The second-order valence-corrected chi connectivity index (χ2v) is 8.41. The van der Waals surface area contributed by atoms with Gasteiger partial charge in [-0.05, 0) is 55.6 Å². The third-order valence-corrected chi connectivity index (χ3v) is 6.22. The van der Waals surface area contributed by atoms with Gasteiger partial charge in [0.1, 0.15) is 18.2 Å². The molecule has 0 radical (unpaired) electrons. The number of ether oxygens (including phenoxy) is 1. The van der Waals surface area contributed by atoms with E-state index in [2.05, 4.69) is 4.90 Å². The zero-order chi connectivity index (χ0) is 20.1. The van der Waals surface area contributed by atoms with Gasteiger partial charge in [-0.3, -0.25) is 9.69 Å². The Labute approximate surface area is 172 Å². The summed E-state index contributed by atoms with van der Waals surface area (Å²) in [5.74, 6) is 0.801. The van der Waals surface area contributed by atoms with Crippen molar-refractivity contribution in [1.82, 2.24) is 9.80 Å². The molecule has 2 heterocycles. The quantitative estimate of drug-likeness (QED) is 0.745. The smallest absolute Gasteiger partial charge is 0.227 e. The van der Waals surface area contributed by atoms with Crippen molar-refractivity contribution in [3.63, 3.8) is 0 Å². The molecule has 0 N–H and O–H groups in total. The molecule has 2 fully saturated rings. The predicted molar refractivity (Wildman–Crippen MR) is 111 cm³/mol. The molecule has 0 unspecified atom stereocenters. The van der Waals surface area contributed by atoms with Crippen LogP contribution in [0.2, 0.25) is 0 Å². The average Bonchev–Trinajstić information content (AvgIpc) is 3.14. The zero-order valence-corrected chi connectivity index (χ0v) is 16.9. The third-order valence-electron chi connectivity index (χ3n) is 6.22. The van der Waals surface area contributed by atoms with Crippen LogP contribution in [-0.4, -0.2) is 55.0 Å². The second-order valence-electron chi connectivity index (χ2n) is 8.41. The molecule has 2 aromatic rings. The van der Waals surface area contributed by atoms with Crippen molar-refractivity contribution in [1.29, 1.82) is 0 Å². The minimum Gasteiger partial charge on any atom is -0.492 e. The molecule has 1 spiro atoms. The van der Waals surface area contributed by atoms with Gasteiger partial charge in [-0.15, -0.1) is 0 Å². The van der Waals surface area contributed by atoms with E-state index in [0.717, 1.165) is 50.5 Å². The van der Waals surface area contributed by atoms with Crippen molar-refractivity contribution in [3.8, 4) is 5.75 Å². The van der Waals surface area contributed by atoms with E-state index in [1.807, 2.05) is 35.2 Å². The Balaban J connectivity index is 1.27. The molecule has 0 saturated carbocycles. The summed E-state index contributed by atoms with van der Waals surface area (Å²) in [6.07, 6.45) is 3.78. The number of carbonyl (C=O) groups is 1. The van der Waals surface area contributed by atoms with Crippen LogP contribution in [0.4, 0.5) is 4.39 Å². The number of amides is 1. The van der Waals surface area contributed by atoms with Crippen LogP contribution in [0.25, 0.3) is 0 Å². The summed E-state index contributed by atoms with van der Waals surface area (Å²) in [4.78, 5) is 17.2. The fraction of sp³-hybridized carbons (Fsp3) is 0.458. The maximum absolute atomic E-state index is 13.1. The molecule has 4 nitrogen and oxygen atoms in total. The third kappa shape index (κ3) is 5.15. The van der Waals surface area contributed by atoms with Crippen molar-refractivity contribution in [2.24, 2.45) is 5.41 Å². The molecule has 2 aliphatic rings. The van der Waals surface area contributed by atoms with Crippen molar-refractivity contribution in [2.45, 2.75) is 25.7 Å². The first-order valence-electron chi connectivity index (χ1n) is 10.5. The molecule has 4 rings (SSSR count). The fourth-order valence-corrected chi connectivity index (χ4v) is 4.68. The molecule has 0 bridgehead atoms. The summed E-state index contributed by atoms with van der Waals surface area (Å²) >= 11 is 0. The van der Waals surface area contributed by atoms with E-state index in [1.54, 1.807) is 12.1 Å². The molecule has 2 aromatic carbocycles. The van der Waals surface area contributed by atoms with Crippen molar-refractivity contribution in [3.05, 3.63) is 66.0 Å². The topological polar surface area (TPSA) is 32.8 Å². The number of nitrogens with zero attached hydrogens (tertiary/aromatic N) is 2. The average molecular weight is 397 g/mol. The highest BCUT2D eigenvalue weighted by molar-refractivity contribution is 5.79. The maximum Gasteiger partial charge on any atom is 0.227 e. The zero-order valence-electron chi connectivity index (χ0n) is 16.9. The minimum atomic E-state index is -0.264. The van der Waals surface area contributed by atoms with Crippen molar-refractivity contribution >= 4 is 5.91 Å². The van der Waals surface area contributed by atoms with E-state index in [1.165, 1.54) is 25.0 Å². The number of para-hydroxylation sites is 1. The van der Waals surface area contributed by atoms with Gasteiger partial charge in [0.05, 0.1) is 6.42 Å². The van der Waals surface area contributed by atoms with E-state index in [0.29, 0.717) is 13.0 Å². The first kappa shape index (κ1) is 19.9.